The molecular formula is C13H18BrNO3. The van der Waals surface area contributed by atoms with Crippen molar-refractivity contribution in [1.29, 1.82) is 0 Å². The van der Waals surface area contributed by atoms with Gasteiger partial charge in [-0.2, -0.15) is 0 Å². The minimum absolute atomic E-state index is 0.0343. The van der Waals surface area contributed by atoms with Crippen molar-refractivity contribution in [3.63, 3.8) is 0 Å². The predicted molar refractivity (Wildman–Crippen MR) is 73.9 cm³/mol. The Labute approximate surface area is 116 Å². The molecule has 0 heterocycles. The molecule has 0 atom stereocenters. The highest BCUT2D eigenvalue weighted by molar-refractivity contribution is 9.10. The van der Waals surface area contributed by atoms with E-state index in [1.54, 1.807) is 13.2 Å². The van der Waals surface area contributed by atoms with Crippen molar-refractivity contribution < 1.29 is 14.6 Å². The zero-order valence-electron chi connectivity index (χ0n) is 10.4. The monoisotopic (exact) mass is 315 g/mol. The van der Waals surface area contributed by atoms with Gasteiger partial charge in [0.15, 0.2) is 5.78 Å². The number of carbonyl (C=O) groups is 1. The lowest BCUT2D eigenvalue weighted by Gasteiger charge is -2.20. The van der Waals surface area contributed by atoms with E-state index < -0.39 is 0 Å². The number of nitrogens with zero attached hydrogens (tertiary/aromatic N) is 1. The number of aliphatic hydroxyl groups is 1. The molecular weight excluding hydrogens is 298 g/mol. The first kappa shape index (κ1) is 15.3. The molecule has 0 spiro atoms. The number of ether oxygens (including phenoxy) is 1. The average Bonchev–Trinajstić information content (AvgIpc) is 2.36. The lowest BCUT2D eigenvalue weighted by molar-refractivity contribution is 0.0868. The SMILES string of the molecule is COCCN(CCO)CC(=O)c1ccccc1Br. The fraction of sp³-hybridized carbons (Fsp3) is 0.462. The second-order valence-electron chi connectivity index (χ2n) is 3.90. The second-order valence-corrected chi connectivity index (χ2v) is 4.75. The van der Waals surface area contributed by atoms with Crippen LogP contribution in [0.4, 0.5) is 0 Å². The van der Waals surface area contributed by atoms with E-state index in [9.17, 15) is 4.79 Å². The smallest absolute Gasteiger partial charge is 0.177 e. The van der Waals surface area contributed by atoms with Crippen LogP contribution in [-0.4, -0.2) is 55.7 Å². The number of carbonyl (C=O) groups excluding carboxylic acids is 1. The van der Waals surface area contributed by atoms with Gasteiger partial charge in [-0.25, -0.2) is 0 Å². The quantitative estimate of drug-likeness (QED) is 0.740. The number of hydrogen-bond acceptors (Lipinski definition) is 4. The van der Waals surface area contributed by atoms with Crippen LogP contribution in [-0.2, 0) is 4.74 Å². The fourth-order valence-corrected chi connectivity index (χ4v) is 2.11. The van der Waals surface area contributed by atoms with Crippen molar-refractivity contribution in [3.05, 3.63) is 34.3 Å². The molecule has 0 aliphatic rings. The van der Waals surface area contributed by atoms with Crippen LogP contribution in [0.2, 0.25) is 0 Å². The van der Waals surface area contributed by atoms with E-state index in [-0.39, 0.29) is 18.9 Å². The summed E-state index contributed by atoms with van der Waals surface area (Å²) in [5.41, 5.74) is 0.665. The van der Waals surface area contributed by atoms with Gasteiger partial charge in [-0.15, -0.1) is 0 Å². The summed E-state index contributed by atoms with van der Waals surface area (Å²) in [7, 11) is 1.62. The first-order chi connectivity index (χ1) is 8.69. The molecule has 0 radical (unpaired) electrons. The van der Waals surface area contributed by atoms with Gasteiger partial charge in [0, 0.05) is 30.2 Å². The number of rotatable bonds is 8. The molecule has 5 heteroatoms. The molecule has 0 aliphatic carbocycles. The fourth-order valence-electron chi connectivity index (χ4n) is 1.61. The van der Waals surface area contributed by atoms with Crippen LogP contribution < -0.4 is 0 Å². The highest BCUT2D eigenvalue weighted by Gasteiger charge is 2.14. The highest BCUT2D eigenvalue weighted by Crippen LogP contribution is 2.16. The topological polar surface area (TPSA) is 49.8 Å². The Kier molecular flexibility index (Phi) is 7.12. The molecule has 100 valence electrons. The molecule has 1 aromatic carbocycles. The molecule has 0 saturated heterocycles. The van der Waals surface area contributed by atoms with Crippen molar-refractivity contribution in [2.24, 2.45) is 0 Å². The van der Waals surface area contributed by atoms with Gasteiger partial charge in [0.25, 0.3) is 0 Å². The minimum Gasteiger partial charge on any atom is -0.395 e. The van der Waals surface area contributed by atoms with Crippen LogP contribution in [0.3, 0.4) is 0 Å². The van der Waals surface area contributed by atoms with E-state index in [1.165, 1.54) is 0 Å². The molecule has 0 unspecified atom stereocenters. The zero-order valence-corrected chi connectivity index (χ0v) is 12.0. The van der Waals surface area contributed by atoms with Crippen molar-refractivity contribution in [2.45, 2.75) is 0 Å². The standard InChI is InChI=1S/C13H18BrNO3/c1-18-9-7-15(6-8-16)10-13(17)11-4-2-3-5-12(11)14/h2-5,16H,6-10H2,1H3. The summed E-state index contributed by atoms with van der Waals surface area (Å²) < 4.78 is 5.78. The maximum Gasteiger partial charge on any atom is 0.177 e. The summed E-state index contributed by atoms with van der Waals surface area (Å²) in [5, 5.41) is 8.97. The van der Waals surface area contributed by atoms with Crippen LogP contribution in [0.1, 0.15) is 10.4 Å². The van der Waals surface area contributed by atoms with Gasteiger partial charge in [0.1, 0.15) is 0 Å². The molecule has 0 aromatic heterocycles. The normalized spacial score (nSPS) is 10.9. The first-order valence-corrected chi connectivity index (χ1v) is 6.58. The molecule has 1 N–H and O–H groups in total. The van der Waals surface area contributed by atoms with Gasteiger partial charge in [-0.05, 0) is 6.07 Å². The molecule has 18 heavy (non-hydrogen) atoms. The Morgan fingerprint density at radius 3 is 2.72 bits per heavy atom. The Balaban J connectivity index is 2.63. The summed E-state index contributed by atoms with van der Waals surface area (Å²) in [6, 6.07) is 7.35. The zero-order chi connectivity index (χ0) is 13.4. The van der Waals surface area contributed by atoms with E-state index in [4.69, 9.17) is 9.84 Å². The average molecular weight is 316 g/mol. The van der Waals surface area contributed by atoms with E-state index in [0.29, 0.717) is 25.3 Å². The molecule has 0 bridgehead atoms. The summed E-state index contributed by atoms with van der Waals surface area (Å²) in [5.74, 6) is 0.0343. The third kappa shape index (κ3) is 4.86. The third-order valence-electron chi connectivity index (χ3n) is 2.57. The first-order valence-electron chi connectivity index (χ1n) is 5.79. The third-order valence-corrected chi connectivity index (χ3v) is 3.26. The van der Waals surface area contributed by atoms with E-state index in [1.807, 2.05) is 23.1 Å². The van der Waals surface area contributed by atoms with Crippen LogP contribution in [0.25, 0.3) is 0 Å². The van der Waals surface area contributed by atoms with Crippen molar-refractivity contribution in [1.82, 2.24) is 4.90 Å². The Morgan fingerprint density at radius 2 is 2.11 bits per heavy atom. The van der Waals surface area contributed by atoms with Crippen molar-refractivity contribution >= 4 is 21.7 Å². The summed E-state index contributed by atoms with van der Waals surface area (Å²) in [6.07, 6.45) is 0. The number of Topliss-reactive ketones (excluding diaryl/α,β-unsaturated/α-hetero) is 1. The largest absolute Gasteiger partial charge is 0.395 e. The Hall–Kier alpha value is -0.750. The van der Waals surface area contributed by atoms with Gasteiger partial charge >= 0.3 is 0 Å². The van der Waals surface area contributed by atoms with E-state index in [2.05, 4.69) is 15.9 Å². The van der Waals surface area contributed by atoms with E-state index >= 15 is 0 Å². The minimum atomic E-state index is 0.0343. The number of ketones is 1. The predicted octanol–water partition coefficient (Wildman–Crippen LogP) is 1.57. The number of aliphatic hydroxyl groups excluding tert-OH is 1. The second kappa shape index (κ2) is 8.37. The van der Waals surface area contributed by atoms with Crippen LogP contribution >= 0.6 is 15.9 Å². The van der Waals surface area contributed by atoms with Gasteiger partial charge < -0.3 is 9.84 Å². The van der Waals surface area contributed by atoms with Crippen LogP contribution in [0.5, 0.6) is 0 Å². The number of halogens is 1. The molecule has 0 amide bonds. The van der Waals surface area contributed by atoms with Crippen molar-refractivity contribution in [2.75, 3.05) is 40.0 Å². The van der Waals surface area contributed by atoms with Gasteiger partial charge in [-0.1, -0.05) is 34.1 Å². The lowest BCUT2D eigenvalue weighted by atomic mass is 10.1. The Morgan fingerprint density at radius 1 is 1.39 bits per heavy atom. The lowest BCUT2D eigenvalue weighted by Crippen LogP contribution is -2.35. The molecule has 4 nitrogen and oxygen atoms in total. The van der Waals surface area contributed by atoms with Gasteiger partial charge in [0.05, 0.1) is 19.8 Å². The van der Waals surface area contributed by atoms with Gasteiger partial charge in [-0.3, -0.25) is 9.69 Å². The number of benzene rings is 1. The van der Waals surface area contributed by atoms with Gasteiger partial charge in [0.2, 0.25) is 0 Å². The van der Waals surface area contributed by atoms with Crippen LogP contribution in [0, 0.1) is 0 Å². The molecule has 0 fully saturated rings. The highest BCUT2D eigenvalue weighted by atomic mass is 79.9. The number of hydrogen-bond donors (Lipinski definition) is 1. The van der Waals surface area contributed by atoms with Crippen LogP contribution in [0.15, 0.2) is 28.7 Å². The summed E-state index contributed by atoms with van der Waals surface area (Å²) >= 11 is 3.37. The maximum absolute atomic E-state index is 12.1. The van der Waals surface area contributed by atoms with E-state index in [0.717, 1.165) is 4.47 Å². The Bertz CT molecular complexity index is 384. The molecule has 1 rings (SSSR count). The summed E-state index contributed by atoms with van der Waals surface area (Å²) in [6.45, 7) is 1.97. The molecule has 0 aliphatic heterocycles. The molecule has 0 saturated carbocycles. The maximum atomic E-state index is 12.1. The summed E-state index contributed by atoms with van der Waals surface area (Å²) in [4.78, 5) is 14.0. The molecule has 1 aromatic rings. The van der Waals surface area contributed by atoms with Crippen molar-refractivity contribution in [3.8, 4) is 0 Å². The number of methoxy groups -OCH3 is 1.